The Labute approximate surface area is 103 Å². The van der Waals surface area contributed by atoms with Crippen molar-refractivity contribution in [2.75, 3.05) is 20.8 Å². The van der Waals surface area contributed by atoms with E-state index in [0.717, 1.165) is 24.5 Å². The molecule has 3 heteroatoms. The molecule has 0 fully saturated rings. The van der Waals surface area contributed by atoms with Crippen molar-refractivity contribution in [3.8, 4) is 0 Å². The predicted octanol–water partition coefficient (Wildman–Crippen LogP) is 2.79. The summed E-state index contributed by atoms with van der Waals surface area (Å²) in [6, 6.07) is 0. The van der Waals surface area contributed by atoms with Crippen LogP contribution in [0.2, 0.25) is 0 Å². The lowest BCUT2D eigenvalue weighted by Crippen LogP contribution is -2.32. The zero-order valence-corrected chi connectivity index (χ0v) is 11.1. The van der Waals surface area contributed by atoms with E-state index in [1.807, 2.05) is 0 Å². The lowest BCUT2D eigenvalue weighted by molar-refractivity contribution is 0.208. The Kier molecular flexibility index (Phi) is 3.55. The van der Waals surface area contributed by atoms with Crippen LogP contribution in [0.25, 0.3) is 0 Å². The maximum absolute atomic E-state index is 5.38. The first kappa shape index (κ1) is 12.2. The van der Waals surface area contributed by atoms with E-state index in [9.17, 15) is 0 Å². The van der Waals surface area contributed by atoms with Crippen LogP contribution in [-0.2, 0) is 9.47 Å². The van der Waals surface area contributed by atoms with Crippen molar-refractivity contribution in [2.45, 2.75) is 20.3 Å². The summed E-state index contributed by atoms with van der Waals surface area (Å²) in [5, 5.41) is 0. The van der Waals surface area contributed by atoms with Crippen LogP contribution in [0.15, 0.2) is 28.7 Å². The van der Waals surface area contributed by atoms with Gasteiger partial charge in [0.05, 0.1) is 14.2 Å². The summed E-state index contributed by atoms with van der Waals surface area (Å²) in [5.74, 6) is 3.09. The molecule has 3 nitrogen and oxygen atoms in total. The SMILES string of the molecule is COC1=CC2CCN=C(C(C)C)C2C=C1OC. The highest BCUT2D eigenvalue weighted by atomic mass is 16.5. The summed E-state index contributed by atoms with van der Waals surface area (Å²) in [4.78, 5) is 4.68. The third-order valence-corrected chi connectivity index (χ3v) is 3.53. The molecule has 1 heterocycles. The van der Waals surface area contributed by atoms with Crippen LogP contribution in [0.3, 0.4) is 0 Å². The van der Waals surface area contributed by atoms with Gasteiger partial charge in [-0.15, -0.1) is 0 Å². The Bertz CT molecular complexity index is 380. The molecule has 0 N–H and O–H groups in total. The molecule has 2 atom stereocenters. The fraction of sp³-hybridized carbons (Fsp3) is 0.643. The molecular formula is C14H21NO2. The van der Waals surface area contributed by atoms with Crippen molar-refractivity contribution in [2.24, 2.45) is 22.7 Å². The third-order valence-electron chi connectivity index (χ3n) is 3.53. The second-order valence-electron chi connectivity index (χ2n) is 4.91. The van der Waals surface area contributed by atoms with Crippen molar-refractivity contribution in [1.29, 1.82) is 0 Å². The zero-order valence-electron chi connectivity index (χ0n) is 11.1. The largest absolute Gasteiger partial charge is 0.493 e. The number of methoxy groups -OCH3 is 2. The summed E-state index contributed by atoms with van der Waals surface area (Å²) in [6.07, 6.45) is 5.46. The molecule has 1 aliphatic carbocycles. The Morgan fingerprint density at radius 2 is 1.82 bits per heavy atom. The van der Waals surface area contributed by atoms with Crippen LogP contribution >= 0.6 is 0 Å². The number of nitrogens with zero attached hydrogens (tertiary/aromatic N) is 1. The minimum Gasteiger partial charge on any atom is -0.493 e. The minimum absolute atomic E-state index is 0.387. The van der Waals surface area contributed by atoms with Crippen LogP contribution < -0.4 is 0 Å². The van der Waals surface area contributed by atoms with Gasteiger partial charge in [0.15, 0.2) is 11.5 Å². The second kappa shape index (κ2) is 4.94. The van der Waals surface area contributed by atoms with Crippen LogP contribution in [0, 0.1) is 17.8 Å². The Morgan fingerprint density at radius 3 is 2.41 bits per heavy atom. The molecule has 0 bridgehead atoms. The molecule has 0 aromatic heterocycles. The highest BCUT2D eigenvalue weighted by molar-refractivity contribution is 5.91. The standard InChI is InChI=1S/C14H21NO2/c1-9(2)14-11-8-13(17-4)12(16-3)7-10(11)5-6-15-14/h7-11H,5-6H2,1-4H3. The van der Waals surface area contributed by atoms with Crippen LogP contribution in [0.1, 0.15) is 20.3 Å². The molecule has 0 radical (unpaired) electrons. The van der Waals surface area contributed by atoms with Gasteiger partial charge < -0.3 is 9.47 Å². The highest BCUT2D eigenvalue weighted by Crippen LogP contribution is 2.35. The molecular weight excluding hydrogens is 214 g/mol. The molecule has 2 rings (SSSR count). The second-order valence-corrected chi connectivity index (χ2v) is 4.91. The molecule has 1 aliphatic heterocycles. The van der Waals surface area contributed by atoms with Gasteiger partial charge in [-0.1, -0.05) is 13.8 Å². The van der Waals surface area contributed by atoms with Crippen molar-refractivity contribution >= 4 is 5.71 Å². The van der Waals surface area contributed by atoms with E-state index < -0.39 is 0 Å². The molecule has 94 valence electrons. The van der Waals surface area contributed by atoms with Gasteiger partial charge in [0.1, 0.15) is 0 Å². The van der Waals surface area contributed by atoms with Crippen molar-refractivity contribution in [3.63, 3.8) is 0 Å². The normalized spacial score (nSPS) is 27.9. The lowest BCUT2D eigenvalue weighted by Gasteiger charge is -2.33. The van der Waals surface area contributed by atoms with Gasteiger partial charge in [0, 0.05) is 18.2 Å². The first-order valence-electron chi connectivity index (χ1n) is 6.23. The maximum Gasteiger partial charge on any atom is 0.157 e. The molecule has 17 heavy (non-hydrogen) atoms. The summed E-state index contributed by atoms with van der Waals surface area (Å²) in [5.41, 5.74) is 1.29. The van der Waals surface area contributed by atoms with Crippen LogP contribution in [0.4, 0.5) is 0 Å². The van der Waals surface area contributed by atoms with E-state index >= 15 is 0 Å². The number of hydrogen-bond acceptors (Lipinski definition) is 3. The predicted molar refractivity (Wildman–Crippen MR) is 68.9 cm³/mol. The first-order valence-corrected chi connectivity index (χ1v) is 6.23. The highest BCUT2D eigenvalue weighted by Gasteiger charge is 2.32. The average Bonchev–Trinajstić information content (AvgIpc) is 2.35. The maximum atomic E-state index is 5.38. The van der Waals surface area contributed by atoms with E-state index in [2.05, 4.69) is 31.0 Å². The molecule has 0 aromatic rings. The summed E-state index contributed by atoms with van der Waals surface area (Å²) in [7, 11) is 3.38. The number of allylic oxidation sites excluding steroid dienone is 2. The minimum atomic E-state index is 0.387. The zero-order chi connectivity index (χ0) is 12.4. The fourth-order valence-corrected chi connectivity index (χ4v) is 2.67. The molecule has 2 aliphatic rings. The van der Waals surface area contributed by atoms with Gasteiger partial charge in [0.2, 0.25) is 0 Å². The van der Waals surface area contributed by atoms with Gasteiger partial charge in [-0.25, -0.2) is 0 Å². The lowest BCUT2D eigenvalue weighted by atomic mass is 9.76. The smallest absolute Gasteiger partial charge is 0.157 e. The van der Waals surface area contributed by atoms with Crippen LogP contribution in [0.5, 0.6) is 0 Å². The van der Waals surface area contributed by atoms with E-state index in [1.165, 1.54) is 5.71 Å². The quantitative estimate of drug-likeness (QED) is 0.753. The van der Waals surface area contributed by atoms with Gasteiger partial charge >= 0.3 is 0 Å². The van der Waals surface area contributed by atoms with E-state index in [1.54, 1.807) is 14.2 Å². The monoisotopic (exact) mass is 235 g/mol. The van der Waals surface area contributed by atoms with Gasteiger partial charge in [0.25, 0.3) is 0 Å². The third kappa shape index (κ3) is 2.24. The molecule has 0 saturated carbocycles. The van der Waals surface area contributed by atoms with Gasteiger partial charge in [-0.3, -0.25) is 4.99 Å². The van der Waals surface area contributed by atoms with E-state index in [-0.39, 0.29) is 0 Å². The van der Waals surface area contributed by atoms with Crippen molar-refractivity contribution < 1.29 is 9.47 Å². The summed E-state index contributed by atoms with van der Waals surface area (Å²) >= 11 is 0. The van der Waals surface area contributed by atoms with Gasteiger partial charge in [-0.05, 0) is 30.4 Å². The number of aliphatic imine (C=N–C) groups is 1. The van der Waals surface area contributed by atoms with Crippen molar-refractivity contribution in [1.82, 2.24) is 0 Å². The molecule has 0 spiro atoms. The van der Waals surface area contributed by atoms with E-state index in [0.29, 0.717) is 17.8 Å². The van der Waals surface area contributed by atoms with E-state index in [4.69, 9.17) is 9.47 Å². The Hall–Kier alpha value is -1.25. The topological polar surface area (TPSA) is 30.8 Å². The molecule has 0 amide bonds. The fourth-order valence-electron chi connectivity index (χ4n) is 2.67. The number of hydrogen-bond donors (Lipinski definition) is 0. The average molecular weight is 235 g/mol. The number of ether oxygens (including phenoxy) is 2. The Balaban J connectivity index is 2.32. The summed E-state index contributed by atoms with van der Waals surface area (Å²) in [6.45, 7) is 5.34. The number of rotatable bonds is 3. The number of fused-ring (bicyclic) bond motifs is 1. The van der Waals surface area contributed by atoms with Gasteiger partial charge in [-0.2, -0.15) is 0 Å². The molecule has 2 unspecified atom stereocenters. The molecule has 0 aromatic carbocycles. The van der Waals surface area contributed by atoms with Crippen molar-refractivity contribution in [3.05, 3.63) is 23.7 Å². The molecule has 0 saturated heterocycles. The first-order chi connectivity index (χ1) is 8.17. The summed E-state index contributed by atoms with van der Waals surface area (Å²) < 4.78 is 10.8. The Morgan fingerprint density at radius 1 is 1.18 bits per heavy atom. The van der Waals surface area contributed by atoms with Crippen LogP contribution in [-0.4, -0.2) is 26.5 Å².